The van der Waals surface area contributed by atoms with Crippen LogP contribution in [0.4, 0.5) is 0 Å². The van der Waals surface area contributed by atoms with Gasteiger partial charge in [0.1, 0.15) is 16.1 Å². The third kappa shape index (κ3) is 8.31. The number of aromatic nitrogens is 1. The summed E-state index contributed by atoms with van der Waals surface area (Å²) in [6, 6.07) is 5.66. The predicted octanol–water partition coefficient (Wildman–Crippen LogP) is 3.19. The van der Waals surface area contributed by atoms with Gasteiger partial charge in [-0.2, -0.15) is 0 Å². The van der Waals surface area contributed by atoms with E-state index in [4.69, 9.17) is 0 Å². The summed E-state index contributed by atoms with van der Waals surface area (Å²) < 4.78 is 22.2. The first-order valence-electron chi connectivity index (χ1n) is 10.5. The second-order valence-corrected chi connectivity index (χ2v) is 13.0. The molecule has 1 aliphatic rings. The van der Waals surface area contributed by atoms with E-state index in [-0.39, 0.29) is 18.0 Å². The first-order valence-corrected chi connectivity index (χ1v) is 14.0. The molecular weight excluding hydrogens is 484 g/mol. The molecule has 2 amide bonds. The smallest absolute Gasteiger partial charge is 0.244 e. The monoisotopic (exact) mass is 513 g/mol. The fraction of sp³-hybridized carbons (Fsp3) is 0.591. The number of rotatable bonds is 13. The van der Waals surface area contributed by atoms with Crippen molar-refractivity contribution >= 4 is 56.0 Å². The van der Waals surface area contributed by atoms with Crippen LogP contribution in [0.2, 0.25) is 0 Å². The SMILES string of the molecule is CC(C)(CC(=O)CN1C(=O)CC(S(=O)[O-])C1=O)CC(C)(C)C(=O)CCSSc1ccccn1. The number of hydrogen-bond donors (Lipinski definition) is 0. The molecule has 0 saturated carbocycles. The van der Waals surface area contributed by atoms with Crippen molar-refractivity contribution in [1.82, 2.24) is 9.88 Å². The highest BCUT2D eigenvalue weighted by molar-refractivity contribution is 8.76. The van der Waals surface area contributed by atoms with Gasteiger partial charge in [0, 0.05) is 36.6 Å². The van der Waals surface area contributed by atoms with Gasteiger partial charge in [0.25, 0.3) is 0 Å². The number of amides is 2. The van der Waals surface area contributed by atoms with Gasteiger partial charge in [0.15, 0.2) is 5.78 Å². The molecule has 0 radical (unpaired) electrons. The molecule has 33 heavy (non-hydrogen) atoms. The summed E-state index contributed by atoms with van der Waals surface area (Å²) in [6.45, 7) is 7.02. The van der Waals surface area contributed by atoms with E-state index in [1.165, 1.54) is 10.8 Å². The number of imide groups is 1. The fourth-order valence-electron chi connectivity index (χ4n) is 4.06. The van der Waals surface area contributed by atoms with Gasteiger partial charge in [-0.05, 0) is 45.8 Å². The maximum absolute atomic E-state index is 12.8. The number of likely N-dealkylation sites (tertiary alicyclic amines) is 1. The van der Waals surface area contributed by atoms with Crippen molar-refractivity contribution in [2.75, 3.05) is 12.3 Å². The average Bonchev–Trinajstić information content (AvgIpc) is 2.99. The second-order valence-electron chi connectivity index (χ2n) is 9.46. The van der Waals surface area contributed by atoms with E-state index < -0.39 is 51.9 Å². The second kappa shape index (κ2) is 11.7. The van der Waals surface area contributed by atoms with Crippen LogP contribution in [0, 0.1) is 10.8 Å². The van der Waals surface area contributed by atoms with Crippen molar-refractivity contribution in [3.8, 4) is 0 Å². The minimum atomic E-state index is -2.70. The molecule has 2 unspecified atom stereocenters. The molecule has 0 bridgehead atoms. The van der Waals surface area contributed by atoms with E-state index in [2.05, 4.69) is 4.98 Å². The summed E-state index contributed by atoms with van der Waals surface area (Å²) in [5.41, 5.74) is -1.19. The Labute approximate surface area is 204 Å². The maximum Gasteiger partial charge on any atom is 0.244 e. The van der Waals surface area contributed by atoms with Crippen LogP contribution >= 0.6 is 21.6 Å². The number of ketones is 2. The minimum Gasteiger partial charge on any atom is -0.772 e. The van der Waals surface area contributed by atoms with Gasteiger partial charge in [-0.15, -0.1) is 0 Å². The largest absolute Gasteiger partial charge is 0.772 e. The zero-order valence-corrected chi connectivity index (χ0v) is 21.6. The van der Waals surface area contributed by atoms with E-state index in [0.29, 0.717) is 18.6 Å². The standard InChI is InChI=1S/C22H30N2O6S3/c1-21(2,12-15(25)13-24-19(27)11-16(20(24)28)33(29)30)14-22(3,4)17(26)8-10-31-32-18-7-5-6-9-23-18/h5-7,9,16H,8,10-14H2,1-4H3,(H,29,30)/p-1. The van der Waals surface area contributed by atoms with Crippen molar-refractivity contribution in [2.45, 2.75) is 63.7 Å². The minimum absolute atomic E-state index is 0.0657. The lowest BCUT2D eigenvalue weighted by molar-refractivity contribution is -0.142. The molecule has 2 atom stereocenters. The maximum atomic E-state index is 12.8. The molecule has 182 valence electrons. The molecule has 1 aliphatic heterocycles. The Bertz CT molecular complexity index is 920. The normalized spacial score (nSPS) is 18.0. The Hall–Kier alpha value is -1.56. The van der Waals surface area contributed by atoms with Crippen LogP contribution in [0.5, 0.6) is 0 Å². The number of carbonyl (C=O) groups is 4. The molecule has 1 aromatic rings. The summed E-state index contributed by atoms with van der Waals surface area (Å²) in [4.78, 5) is 54.4. The van der Waals surface area contributed by atoms with Gasteiger partial charge in [-0.25, -0.2) is 4.98 Å². The molecule has 0 spiro atoms. The molecule has 8 nitrogen and oxygen atoms in total. The van der Waals surface area contributed by atoms with Crippen LogP contribution in [-0.2, 0) is 30.3 Å². The lowest BCUT2D eigenvalue weighted by Gasteiger charge is -2.34. The number of Topliss-reactive ketones (excluding diaryl/α,β-unsaturated/α-hetero) is 2. The van der Waals surface area contributed by atoms with Crippen LogP contribution in [0.15, 0.2) is 29.4 Å². The highest BCUT2D eigenvalue weighted by atomic mass is 33.1. The van der Waals surface area contributed by atoms with Crippen molar-refractivity contribution < 1.29 is 27.9 Å². The molecule has 2 heterocycles. The summed E-state index contributed by atoms with van der Waals surface area (Å²) in [5.74, 6) is -1.11. The van der Waals surface area contributed by atoms with E-state index >= 15 is 0 Å². The topological polar surface area (TPSA) is 125 Å². The van der Waals surface area contributed by atoms with Gasteiger partial charge in [-0.3, -0.25) is 28.3 Å². The molecule has 2 rings (SSSR count). The summed E-state index contributed by atoms with van der Waals surface area (Å²) >= 11 is -2.70. The third-order valence-electron chi connectivity index (χ3n) is 5.31. The van der Waals surface area contributed by atoms with E-state index in [1.807, 2.05) is 45.9 Å². The first-order chi connectivity index (χ1) is 15.3. The fourth-order valence-corrected chi connectivity index (χ4v) is 6.50. The Balaban J connectivity index is 1.83. The van der Waals surface area contributed by atoms with Crippen molar-refractivity contribution in [3.05, 3.63) is 24.4 Å². The van der Waals surface area contributed by atoms with E-state index in [1.54, 1.807) is 17.0 Å². The lowest BCUT2D eigenvalue weighted by Crippen LogP contribution is -2.39. The van der Waals surface area contributed by atoms with E-state index in [0.717, 1.165) is 9.93 Å². The predicted molar refractivity (Wildman–Crippen MR) is 128 cm³/mol. The molecule has 0 aromatic carbocycles. The van der Waals surface area contributed by atoms with Gasteiger partial charge < -0.3 is 4.55 Å². The van der Waals surface area contributed by atoms with Crippen LogP contribution in [0.25, 0.3) is 0 Å². The average molecular weight is 514 g/mol. The van der Waals surface area contributed by atoms with Gasteiger partial charge in [0.2, 0.25) is 11.8 Å². The summed E-state index contributed by atoms with van der Waals surface area (Å²) in [5, 5.41) is -0.528. The zero-order valence-electron chi connectivity index (χ0n) is 19.2. The molecule has 11 heteroatoms. The van der Waals surface area contributed by atoms with Gasteiger partial charge in [0.05, 0.1) is 6.54 Å². The van der Waals surface area contributed by atoms with Gasteiger partial charge in [-0.1, -0.05) is 44.6 Å². The molecular formula is C22H29N2O6S3-. The van der Waals surface area contributed by atoms with Crippen LogP contribution < -0.4 is 0 Å². The molecule has 0 aliphatic carbocycles. The van der Waals surface area contributed by atoms with E-state index in [9.17, 15) is 27.9 Å². The highest BCUT2D eigenvalue weighted by Gasteiger charge is 2.41. The number of pyridine rings is 1. The number of carbonyl (C=O) groups excluding carboxylic acids is 4. The quantitative estimate of drug-likeness (QED) is 0.169. The third-order valence-corrected chi connectivity index (χ3v) is 8.41. The molecule has 1 saturated heterocycles. The Morgan fingerprint density at radius 1 is 1.24 bits per heavy atom. The van der Waals surface area contributed by atoms with Crippen LogP contribution in [-0.4, -0.2) is 59.6 Å². The van der Waals surface area contributed by atoms with Crippen LogP contribution in [0.1, 0.15) is 53.4 Å². The van der Waals surface area contributed by atoms with Gasteiger partial charge >= 0.3 is 0 Å². The summed E-state index contributed by atoms with van der Waals surface area (Å²) in [7, 11) is 3.09. The van der Waals surface area contributed by atoms with Crippen molar-refractivity contribution in [1.29, 1.82) is 0 Å². The highest BCUT2D eigenvalue weighted by Crippen LogP contribution is 2.39. The molecule has 0 N–H and O–H groups in total. The van der Waals surface area contributed by atoms with Crippen molar-refractivity contribution in [3.63, 3.8) is 0 Å². The Morgan fingerprint density at radius 3 is 2.52 bits per heavy atom. The lowest BCUT2D eigenvalue weighted by atomic mass is 9.70. The van der Waals surface area contributed by atoms with Crippen LogP contribution in [0.3, 0.4) is 0 Å². The molecule has 1 aromatic heterocycles. The first kappa shape index (κ1) is 27.7. The zero-order chi connectivity index (χ0) is 24.8. The van der Waals surface area contributed by atoms with Crippen molar-refractivity contribution in [2.24, 2.45) is 10.8 Å². The number of hydrogen-bond acceptors (Lipinski definition) is 9. The molecule has 1 fully saturated rings. The Kier molecular flexibility index (Phi) is 9.83. The summed E-state index contributed by atoms with van der Waals surface area (Å²) in [6.07, 6.45) is 2.21. The Morgan fingerprint density at radius 2 is 1.94 bits per heavy atom. The number of nitrogens with zero attached hydrogens (tertiary/aromatic N) is 2.